The van der Waals surface area contributed by atoms with Gasteiger partial charge in [0.2, 0.25) is 0 Å². The predicted molar refractivity (Wildman–Crippen MR) is 82.0 cm³/mol. The molecule has 0 N–H and O–H groups in total. The third-order valence-electron chi connectivity index (χ3n) is 2.85. The van der Waals surface area contributed by atoms with Crippen molar-refractivity contribution in [2.75, 3.05) is 5.75 Å². The van der Waals surface area contributed by atoms with Gasteiger partial charge in [0.15, 0.2) is 0 Å². The minimum absolute atomic E-state index is 0.0512. The zero-order chi connectivity index (χ0) is 17.1. The van der Waals surface area contributed by atoms with Crippen molar-refractivity contribution < 1.29 is 25.8 Å². The lowest BCUT2D eigenvalue weighted by Crippen LogP contribution is -2.20. The zero-order valence-electron chi connectivity index (χ0n) is 11.7. The van der Waals surface area contributed by atoms with E-state index in [1.807, 2.05) is 0 Å². The van der Waals surface area contributed by atoms with Crippen molar-refractivity contribution in [3.63, 3.8) is 0 Å². The van der Waals surface area contributed by atoms with Crippen molar-refractivity contribution in [3.05, 3.63) is 53.6 Å². The third kappa shape index (κ3) is 5.76. The summed E-state index contributed by atoms with van der Waals surface area (Å²) in [6, 6.07) is 12.9. The summed E-state index contributed by atoms with van der Waals surface area (Å²) in [5.41, 5.74) is 1.37. The molecule has 0 bridgehead atoms. The molecule has 0 heterocycles. The Bertz CT molecular complexity index is 789. The smallest absolute Gasteiger partial charge is 0.382 e. The fourth-order valence-electron chi connectivity index (χ4n) is 1.82. The van der Waals surface area contributed by atoms with Crippen LogP contribution in [0.4, 0.5) is 13.2 Å². The Labute approximate surface area is 136 Å². The molecule has 2 aromatic carbocycles. The molecule has 8 heteroatoms. The van der Waals surface area contributed by atoms with Gasteiger partial charge in [-0.3, -0.25) is 0 Å². The molecule has 0 aliphatic heterocycles. The average Bonchev–Trinajstić information content (AvgIpc) is 2.45. The highest BCUT2D eigenvalue weighted by molar-refractivity contribution is 7.87. The van der Waals surface area contributed by atoms with Gasteiger partial charge in [0.05, 0.1) is 12.2 Å². The Morgan fingerprint density at radius 2 is 1.61 bits per heavy atom. The lowest BCUT2D eigenvalue weighted by molar-refractivity contribution is -0.130. The minimum Gasteiger partial charge on any atom is -0.382 e. The van der Waals surface area contributed by atoms with Gasteiger partial charge >= 0.3 is 16.3 Å². The molecular formula is C15H12ClF3O3S. The van der Waals surface area contributed by atoms with Crippen LogP contribution in [0, 0.1) is 0 Å². The SMILES string of the molecule is O=S(=O)(CCC(F)(F)F)Oc1cccc(-c2cccc(Cl)c2)c1. The van der Waals surface area contributed by atoms with Crippen LogP contribution < -0.4 is 4.18 Å². The van der Waals surface area contributed by atoms with E-state index in [-0.39, 0.29) is 5.75 Å². The molecular weight excluding hydrogens is 353 g/mol. The Morgan fingerprint density at radius 3 is 2.22 bits per heavy atom. The second-order valence-corrected chi connectivity index (χ2v) is 6.88. The van der Waals surface area contributed by atoms with E-state index in [0.717, 1.165) is 5.56 Å². The monoisotopic (exact) mass is 364 g/mol. The quantitative estimate of drug-likeness (QED) is 0.724. The van der Waals surface area contributed by atoms with E-state index in [4.69, 9.17) is 15.8 Å². The molecule has 0 spiro atoms. The molecule has 0 radical (unpaired) electrons. The second kappa shape index (κ2) is 6.80. The maximum Gasteiger partial charge on any atom is 0.390 e. The lowest BCUT2D eigenvalue weighted by Gasteiger charge is -2.10. The summed E-state index contributed by atoms with van der Waals surface area (Å²) in [7, 11) is -4.32. The summed E-state index contributed by atoms with van der Waals surface area (Å²) in [6.45, 7) is 0. The number of hydrogen-bond donors (Lipinski definition) is 0. The van der Waals surface area contributed by atoms with Crippen molar-refractivity contribution in [2.45, 2.75) is 12.6 Å². The van der Waals surface area contributed by atoms with Crippen molar-refractivity contribution in [1.29, 1.82) is 0 Å². The van der Waals surface area contributed by atoms with E-state index in [0.29, 0.717) is 10.6 Å². The highest BCUT2D eigenvalue weighted by atomic mass is 35.5. The number of halogens is 4. The Hall–Kier alpha value is -1.73. The molecule has 0 unspecified atom stereocenters. The summed E-state index contributed by atoms with van der Waals surface area (Å²) in [5, 5.41) is 0.506. The van der Waals surface area contributed by atoms with Gasteiger partial charge in [-0.15, -0.1) is 0 Å². The fraction of sp³-hybridized carbons (Fsp3) is 0.200. The van der Waals surface area contributed by atoms with Gasteiger partial charge in [0.1, 0.15) is 5.75 Å². The van der Waals surface area contributed by atoms with Crippen molar-refractivity contribution >= 4 is 21.7 Å². The van der Waals surface area contributed by atoms with Crippen LogP contribution in [0.15, 0.2) is 48.5 Å². The van der Waals surface area contributed by atoms with Gasteiger partial charge in [-0.05, 0) is 35.4 Å². The van der Waals surface area contributed by atoms with Crippen LogP contribution in [0.5, 0.6) is 5.75 Å². The van der Waals surface area contributed by atoms with Gasteiger partial charge in [-0.25, -0.2) is 0 Å². The maximum absolute atomic E-state index is 12.1. The Balaban J connectivity index is 2.17. The summed E-state index contributed by atoms with van der Waals surface area (Å²) >= 11 is 5.89. The molecule has 0 saturated heterocycles. The minimum atomic E-state index is -4.56. The fourth-order valence-corrected chi connectivity index (χ4v) is 2.98. The summed E-state index contributed by atoms with van der Waals surface area (Å²) < 4.78 is 64.3. The number of benzene rings is 2. The average molecular weight is 365 g/mol. The molecule has 23 heavy (non-hydrogen) atoms. The topological polar surface area (TPSA) is 43.4 Å². The maximum atomic E-state index is 12.1. The van der Waals surface area contributed by atoms with E-state index in [2.05, 4.69) is 0 Å². The molecule has 0 atom stereocenters. The molecule has 2 aromatic rings. The van der Waals surface area contributed by atoms with Gasteiger partial charge in [-0.2, -0.15) is 21.6 Å². The Kier molecular flexibility index (Phi) is 5.21. The second-order valence-electron chi connectivity index (χ2n) is 4.75. The standard InChI is InChI=1S/C15H12ClF3O3S/c16-13-5-1-3-11(9-13)12-4-2-6-14(10-12)22-23(20,21)8-7-15(17,18)19/h1-6,9-10H,7-8H2. The molecule has 0 amide bonds. The van der Waals surface area contributed by atoms with Gasteiger partial charge < -0.3 is 4.18 Å². The van der Waals surface area contributed by atoms with Crippen molar-refractivity contribution in [3.8, 4) is 16.9 Å². The van der Waals surface area contributed by atoms with Crippen molar-refractivity contribution in [2.24, 2.45) is 0 Å². The molecule has 0 fully saturated rings. The summed E-state index contributed by atoms with van der Waals surface area (Å²) in [5.74, 6) is -1.18. The molecule has 0 aliphatic rings. The molecule has 2 rings (SSSR count). The van der Waals surface area contributed by atoms with E-state index in [1.165, 1.54) is 12.1 Å². The van der Waals surface area contributed by atoms with Crippen LogP contribution >= 0.6 is 11.6 Å². The molecule has 124 valence electrons. The van der Waals surface area contributed by atoms with Crippen LogP contribution in [0.25, 0.3) is 11.1 Å². The first-order valence-electron chi connectivity index (χ1n) is 6.50. The van der Waals surface area contributed by atoms with Crippen LogP contribution in [0.3, 0.4) is 0 Å². The normalized spacial score (nSPS) is 12.2. The first-order valence-corrected chi connectivity index (χ1v) is 8.45. The van der Waals surface area contributed by atoms with Crippen molar-refractivity contribution in [1.82, 2.24) is 0 Å². The molecule has 0 saturated carbocycles. The highest BCUT2D eigenvalue weighted by Crippen LogP contribution is 2.27. The van der Waals surface area contributed by atoms with Gasteiger partial charge in [0.25, 0.3) is 0 Å². The lowest BCUT2D eigenvalue weighted by atomic mass is 10.1. The third-order valence-corrected chi connectivity index (χ3v) is 4.24. The van der Waals surface area contributed by atoms with Crippen LogP contribution in [-0.2, 0) is 10.1 Å². The van der Waals surface area contributed by atoms with Gasteiger partial charge in [0, 0.05) is 5.02 Å². The largest absolute Gasteiger partial charge is 0.390 e. The Morgan fingerprint density at radius 1 is 1.00 bits per heavy atom. The number of rotatable bonds is 5. The number of alkyl halides is 3. The van der Waals surface area contributed by atoms with E-state index in [1.54, 1.807) is 36.4 Å². The summed E-state index contributed by atoms with van der Waals surface area (Å²) in [4.78, 5) is 0. The number of hydrogen-bond acceptors (Lipinski definition) is 3. The van der Waals surface area contributed by atoms with Crippen LogP contribution in [0.2, 0.25) is 5.02 Å². The predicted octanol–water partition coefficient (Wildman–Crippen LogP) is 4.67. The summed E-state index contributed by atoms with van der Waals surface area (Å²) in [6.07, 6.45) is -6.01. The molecule has 0 aliphatic carbocycles. The zero-order valence-corrected chi connectivity index (χ0v) is 13.3. The highest BCUT2D eigenvalue weighted by Gasteiger charge is 2.30. The van der Waals surface area contributed by atoms with E-state index >= 15 is 0 Å². The van der Waals surface area contributed by atoms with Crippen LogP contribution in [0.1, 0.15) is 6.42 Å². The first-order chi connectivity index (χ1) is 10.6. The molecule has 0 aromatic heterocycles. The first kappa shape index (κ1) is 17.6. The van der Waals surface area contributed by atoms with Gasteiger partial charge in [-0.1, -0.05) is 35.9 Å². The molecule has 3 nitrogen and oxygen atoms in total. The van der Waals surface area contributed by atoms with E-state index in [9.17, 15) is 21.6 Å². The van der Waals surface area contributed by atoms with Crippen LogP contribution in [-0.4, -0.2) is 20.3 Å². The van der Waals surface area contributed by atoms with E-state index < -0.39 is 28.5 Å².